The lowest BCUT2D eigenvalue weighted by Gasteiger charge is -2.19. The Morgan fingerprint density at radius 3 is 2.57 bits per heavy atom. The fraction of sp³-hybridized carbons (Fsp3) is 0.348. The Labute approximate surface area is 200 Å². The lowest BCUT2D eigenvalue weighted by Crippen LogP contribution is -2.20. The highest BCUT2D eigenvalue weighted by Crippen LogP contribution is 2.52. The maximum atomic E-state index is 12.4. The van der Waals surface area contributed by atoms with Gasteiger partial charge in [-0.25, -0.2) is 10.2 Å². The highest BCUT2D eigenvalue weighted by molar-refractivity contribution is 6.36. The van der Waals surface area contributed by atoms with Crippen LogP contribution in [-0.4, -0.2) is 62.5 Å². The highest BCUT2D eigenvalue weighted by atomic mass is 16.7. The van der Waals surface area contributed by atoms with Crippen LogP contribution in [0.2, 0.25) is 0 Å². The number of esters is 1. The Kier molecular flexibility index (Phi) is 7.29. The van der Waals surface area contributed by atoms with E-state index in [2.05, 4.69) is 20.7 Å². The van der Waals surface area contributed by atoms with Gasteiger partial charge in [-0.2, -0.15) is 5.10 Å². The third-order valence-corrected chi connectivity index (χ3v) is 5.26. The van der Waals surface area contributed by atoms with Gasteiger partial charge < -0.3 is 28.5 Å². The van der Waals surface area contributed by atoms with Gasteiger partial charge in [0.2, 0.25) is 18.3 Å². The summed E-state index contributed by atoms with van der Waals surface area (Å²) in [4.78, 5) is 33.8. The minimum absolute atomic E-state index is 0.0170. The summed E-state index contributed by atoms with van der Waals surface area (Å²) in [6.07, 6.45) is 4.48. The van der Waals surface area contributed by atoms with Gasteiger partial charge in [0.15, 0.2) is 17.2 Å². The Bertz CT molecular complexity index is 1170. The number of benzene rings is 1. The molecular formula is C23H24N4O8. The number of nitrogens with one attached hydrogen (secondary N) is 1. The van der Waals surface area contributed by atoms with Crippen molar-refractivity contribution in [2.24, 2.45) is 10.3 Å². The van der Waals surface area contributed by atoms with Crippen molar-refractivity contribution in [1.29, 1.82) is 0 Å². The van der Waals surface area contributed by atoms with Crippen LogP contribution < -0.4 is 24.4 Å². The molecular weight excluding hydrogens is 460 g/mol. The van der Waals surface area contributed by atoms with Crippen molar-refractivity contribution in [2.45, 2.75) is 25.9 Å². The van der Waals surface area contributed by atoms with Gasteiger partial charge in [0.25, 0.3) is 5.91 Å². The molecule has 2 aromatic rings. The number of fused-ring (bicyclic) bond motifs is 1. The number of hydrogen-bond donors (Lipinski definition) is 1. The van der Waals surface area contributed by atoms with E-state index in [1.807, 2.05) is 0 Å². The first-order valence-corrected chi connectivity index (χ1v) is 10.8. The molecule has 0 bridgehead atoms. The van der Waals surface area contributed by atoms with E-state index >= 15 is 0 Å². The van der Waals surface area contributed by atoms with Crippen molar-refractivity contribution in [1.82, 2.24) is 10.4 Å². The van der Waals surface area contributed by atoms with Gasteiger partial charge in [0.05, 0.1) is 27.0 Å². The number of methoxy groups -OCH3 is 2. The normalized spacial score (nSPS) is 16.0. The fourth-order valence-corrected chi connectivity index (χ4v) is 3.72. The third kappa shape index (κ3) is 4.95. The summed E-state index contributed by atoms with van der Waals surface area (Å²) in [6.45, 7) is 1.94. The molecule has 0 saturated carbocycles. The molecule has 35 heavy (non-hydrogen) atoms. The lowest BCUT2D eigenvalue weighted by atomic mass is 9.96. The van der Waals surface area contributed by atoms with Gasteiger partial charge in [0, 0.05) is 41.9 Å². The molecule has 4 rings (SSSR count). The van der Waals surface area contributed by atoms with Gasteiger partial charge in [-0.3, -0.25) is 9.78 Å². The molecule has 1 atom stereocenters. The maximum Gasteiger partial charge on any atom is 0.356 e. The highest BCUT2D eigenvalue weighted by Gasteiger charge is 2.34. The number of rotatable bonds is 9. The van der Waals surface area contributed by atoms with Crippen molar-refractivity contribution >= 4 is 23.8 Å². The van der Waals surface area contributed by atoms with Crippen LogP contribution in [0.25, 0.3) is 0 Å². The van der Waals surface area contributed by atoms with E-state index in [1.54, 1.807) is 19.1 Å². The number of ether oxygens (including phenoxy) is 5. The molecule has 1 amide bonds. The molecule has 1 aromatic heterocycles. The molecule has 184 valence electrons. The van der Waals surface area contributed by atoms with E-state index in [-0.39, 0.29) is 32.0 Å². The fourth-order valence-electron chi connectivity index (χ4n) is 3.72. The number of hydrogen-bond acceptors (Lipinski definition) is 11. The molecule has 1 N–H and O–H groups in total. The van der Waals surface area contributed by atoms with E-state index in [4.69, 9.17) is 28.5 Å². The van der Waals surface area contributed by atoms with Crippen LogP contribution >= 0.6 is 0 Å². The summed E-state index contributed by atoms with van der Waals surface area (Å²) in [5.74, 6) is 0.537. The first-order chi connectivity index (χ1) is 17.1. The van der Waals surface area contributed by atoms with Crippen molar-refractivity contribution in [3.8, 4) is 23.0 Å². The van der Waals surface area contributed by atoms with Gasteiger partial charge in [-0.15, -0.1) is 0 Å². The number of aromatic nitrogens is 1. The van der Waals surface area contributed by atoms with Crippen LogP contribution in [0, 0.1) is 0 Å². The average Bonchev–Trinajstić information content (AvgIpc) is 3.55. The summed E-state index contributed by atoms with van der Waals surface area (Å²) >= 11 is 0. The zero-order chi connectivity index (χ0) is 24.8. The van der Waals surface area contributed by atoms with E-state index < -0.39 is 18.0 Å². The summed E-state index contributed by atoms with van der Waals surface area (Å²) in [6, 6.07) is 3.14. The van der Waals surface area contributed by atoms with Gasteiger partial charge in [-0.1, -0.05) is 5.16 Å². The van der Waals surface area contributed by atoms with Crippen LogP contribution in [0.3, 0.4) is 0 Å². The molecule has 12 nitrogen and oxygen atoms in total. The number of amides is 1. The summed E-state index contributed by atoms with van der Waals surface area (Å²) in [5, 5.41) is 7.98. The molecule has 0 fully saturated rings. The van der Waals surface area contributed by atoms with E-state index in [0.717, 1.165) is 0 Å². The minimum atomic E-state index is -0.522. The Balaban J connectivity index is 1.64. The predicted molar refractivity (Wildman–Crippen MR) is 122 cm³/mol. The lowest BCUT2D eigenvalue weighted by molar-refractivity contribution is -0.135. The number of nitrogens with zero attached hydrogens (tertiary/aromatic N) is 3. The minimum Gasteiger partial charge on any atom is -0.492 e. The first kappa shape index (κ1) is 23.8. The molecule has 0 radical (unpaired) electrons. The van der Waals surface area contributed by atoms with Crippen LogP contribution in [0.4, 0.5) is 0 Å². The second kappa shape index (κ2) is 10.7. The Morgan fingerprint density at radius 1 is 1.17 bits per heavy atom. The Morgan fingerprint density at radius 2 is 1.89 bits per heavy atom. The molecule has 0 spiro atoms. The maximum absolute atomic E-state index is 12.4. The van der Waals surface area contributed by atoms with Crippen molar-refractivity contribution in [3.05, 3.63) is 41.2 Å². The largest absolute Gasteiger partial charge is 0.492 e. The summed E-state index contributed by atoms with van der Waals surface area (Å²) in [5.41, 5.74) is 4.17. The molecule has 2 aliphatic heterocycles. The molecule has 12 heteroatoms. The smallest absolute Gasteiger partial charge is 0.356 e. The van der Waals surface area contributed by atoms with Crippen LogP contribution in [0.1, 0.15) is 34.8 Å². The van der Waals surface area contributed by atoms with Crippen LogP contribution in [0.15, 0.2) is 34.8 Å². The number of carbonyl (C=O) groups excluding carboxylic acids is 2. The van der Waals surface area contributed by atoms with Gasteiger partial charge in [0.1, 0.15) is 6.10 Å². The number of oxime groups is 1. The van der Waals surface area contributed by atoms with Gasteiger partial charge >= 0.3 is 5.97 Å². The van der Waals surface area contributed by atoms with E-state index in [1.165, 1.54) is 32.8 Å². The van der Waals surface area contributed by atoms with Gasteiger partial charge in [-0.05, 0) is 19.1 Å². The second-order valence-corrected chi connectivity index (χ2v) is 7.35. The number of pyridine rings is 1. The SMILES string of the molecule is CCOC(=O)C1=NO[C@@H](Cc2c(/C=N/NC(=O)c3ccncc3)c(OC)c3c(c2OC)OCO3)C1. The summed E-state index contributed by atoms with van der Waals surface area (Å²) in [7, 11) is 2.98. The second-order valence-electron chi connectivity index (χ2n) is 7.35. The predicted octanol–water partition coefficient (Wildman–Crippen LogP) is 1.84. The van der Waals surface area contributed by atoms with E-state index in [0.29, 0.717) is 39.7 Å². The zero-order valence-corrected chi connectivity index (χ0v) is 19.4. The van der Waals surface area contributed by atoms with Crippen molar-refractivity contribution in [3.63, 3.8) is 0 Å². The quantitative estimate of drug-likeness (QED) is 0.321. The molecule has 0 unspecified atom stereocenters. The van der Waals surface area contributed by atoms with Crippen LogP contribution in [0.5, 0.6) is 23.0 Å². The standard InChI is InChI=1S/C23H24N4O8/c1-4-32-23(29)17-10-14(35-27-17)9-15-16(11-25-26-22(28)13-5-7-24-8-6-13)19(31-3)21-20(18(15)30-2)33-12-34-21/h5-8,11,14H,4,9-10,12H2,1-3H3,(H,26,28)/b25-11+/t14-/m0/s1. The number of hydrazone groups is 1. The third-order valence-electron chi connectivity index (χ3n) is 5.26. The van der Waals surface area contributed by atoms with Crippen LogP contribution in [-0.2, 0) is 20.8 Å². The van der Waals surface area contributed by atoms with Crippen molar-refractivity contribution < 1.29 is 38.1 Å². The Hall–Kier alpha value is -4.35. The molecule has 0 aliphatic carbocycles. The molecule has 1 aromatic carbocycles. The number of carbonyl (C=O) groups is 2. The summed E-state index contributed by atoms with van der Waals surface area (Å²) < 4.78 is 27.5. The zero-order valence-electron chi connectivity index (χ0n) is 19.4. The average molecular weight is 484 g/mol. The topological polar surface area (TPSA) is 139 Å². The molecule has 0 saturated heterocycles. The van der Waals surface area contributed by atoms with Crippen molar-refractivity contribution in [2.75, 3.05) is 27.6 Å². The monoisotopic (exact) mass is 484 g/mol. The molecule has 3 heterocycles. The molecule has 2 aliphatic rings. The van der Waals surface area contributed by atoms with E-state index in [9.17, 15) is 9.59 Å². The first-order valence-electron chi connectivity index (χ1n) is 10.8.